The van der Waals surface area contributed by atoms with Gasteiger partial charge in [-0.05, 0) is 37.0 Å². The number of nitrogens with zero attached hydrogens (tertiary/aromatic N) is 3. The van der Waals surface area contributed by atoms with Crippen molar-refractivity contribution in [3.63, 3.8) is 0 Å². The molecule has 5 rings (SSSR count). The Kier molecular flexibility index (Phi) is 4.36. The van der Waals surface area contributed by atoms with Crippen molar-refractivity contribution in [1.29, 1.82) is 0 Å². The lowest BCUT2D eigenvalue weighted by atomic mass is 9.94. The van der Waals surface area contributed by atoms with Crippen molar-refractivity contribution in [1.82, 2.24) is 19.8 Å². The van der Waals surface area contributed by atoms with Crippen molar-refractivity contribution in [3.05, 3.63) is 64.3 Å². The highest BCUT2D eigenvalue weighted by Gasteiger charge is 2.37. The summed E-state index contributed by atoms with van der Waals surface area (Å²) in [7, 11) is 0. The largest absolute Gasteiger partial charge is 0.334 e. The lowest BCUT2D eigenvalue weighted by Crippen LogP contribution is -2.47. The van der Waals surface area contributed by atoms with Gasteiger partial charge in [-0.25, -0.2) is 0 Å². The minimum absolute atomic E-state index is 0.0191. The van der Waals surface area contributed by atoms with Crippen LogP contribution in [0.25, 0.3) is 0 Å². The number of carbonyl (C=O) groups excluding carboxylic acids is 1. The molecule has 0 unspecified atom stereocenters. The highest BCUT2D eigenvalue weighted by atomic mass is 16.2. The maximum Gasteiger partial charge on any atom is 0.255 e. The van der Waals surface area contributed by atoms with E-state index in [0.717, 1.165) is 38.3 Å². The molecule has 0 aliphatic carbocycles. The molecule has 3 saturated heterocycles. The van der Waals surface area contributed by atoms with Gasteiger partial charge in [0.15, 0.2) is 0 Å². The fourth-order valence-corrected chi connectivity index (χ4v) is 3.99. The highest BCUT2D eigenvalue weighted by Crippen LogP contribution is 2.29. The van der Waals surface area contributed by atoms with E-state index in [1.165, 1.54) is 18.7 Å². The number of fused-ring (bicyclic) bond motifs is 4. The Morgan fingerprint density at radius 3 is 2.84 bits per heavy atom. The standard InChI is InChI=1S/C19H22N4O2/c24-18-7-5-15(9-21-18)19(25)23-11-14-4-6-17(23)13-22(10-14)12-16-3-1-2-8-20-16/h1-3,5,7-9,14,17H,4,6,10-13H2,(H,21,24)/t14-,17+/m1/s1. The summed E-state index contributed by atoms with van der Waals surface area (Å²) in [5, 5.41) is 0. The zero-order chi connectivity index (χ0) is 17.2. The molecule has 3 aliphatic heterocycles. The molecule has 3 aliphatic rings. The predicted octanol–water partition coefficient (Wildman–Crippen LogP) is 1.51. The Morgan fingerprint density at radius 1 is 1.16 bits per heavy atom. The number of piperidine rings is 1. The molecule has 0 aromatic carbocycles. The van der Waals surface area contributed by atoms with E-state index in [2.05, 4.69) is 20.9 Å². The number of aromatic amines is 1. The Hall–Kier alpha value is -2.47. The molecule has 6 nitrogen and oxygen atoms in total. The van der Waals surface area contributed by atoms with Crippen LogP contribution in [0.4, 0.5) is 0 Å². The molecule has 5 heterocycles. The zero-order valence-electron chi connectivity index (χ0n) is 14.1. The molecule has 1 N–H and O–H groups in total. The smallest absolute Gasteiger partial charge is 0.255 e. The maximum absolute atomic E-state index is 12.9. The number of nitrogens with one attached hydrogen (secondary N) is 1. The second-order valence-electron chi connectivity index (χ2n) is 7.01. The first-order valence-electron chi connectivity index (χ1n) is 8.81. The average Bonchev–Trinajstić information content (AvgIpc) is 2.93. The second-order valence-corrected chi connectivity index (χ2v) is 7.01. The van der Waals surface area contributed by atoms with Crippen molar-refractivity contribution in [2.45, 2.75) is 25.4 Å². The first-order valence-corrected chi connectivity index (χ1v) is 8.81. The number of H-pyrrole nitrogens is 1. The molecule has 3 fully saturated rings. The van der Waals surface area contributed by atoms with Crippen molar-refractivity contribution in [2.24, 2.45) is 5.92 Å². The Bertz CT molecular complexity index is 784. The van der Waals surface area contributed by atoms with Gasteiger partial charge in [0.05, 0.1) is 11.3 Å². The third-order valence-corrected chi connectivity index (χ3v) is 5.19. The van der Waals surface area contributed by atoms with Gasteiger partial charge in [-0.1, -0.05) is 6.07 Å². The topological polar surface area (TPSA) is 69.3 Å². The van der Waals surface area contributed by atoms with E-state index in [1.54, 1.807) is 6.07 Å². The number of aromatic nitrogens is 2. The van der Waals surface area contributed by atoms with E-state index >= 15 is 0 Å². The molecule has 2 atom stereocenters. The summed E-state index contributed by atoms with van der Waals surface area (Å²) in [5.41, 5.74) is 1.45. The van der Waals surface area contributed by atoms with Crippen LogP contribution in [0.3, 0.4) is 0 Å². The molecule has 25 heavy (non-hydrogen) atoms. The molecule has 6 heteroatoms. The van der Waals surface area contributed by atoms with Gasteiger partial charge in [0, 0.05) is 50.7 Å². The van der Waals surface area contributed by atoms with Crippen LogP contribution in [0.1, 0.15) is 28.9 Å². The zero-order valence-corrected chi connectivity index (χ0v) is 14.1. The van der Waals surface area contributed by atoms with E-state index in [9.17, 15) is 9.59 Å². The van der Waals surface area contributed by atoms with Crippen LogP contribution < -0.4 is 5.56 Å². The third-order valence-electron chi connectivity index (χ3n) is 5.19. The molecule has 2 aromatic heterocycles. The van der Waals surface area contributed by atoms with Crippen LogP contribution in [0.2, 0.25) is 0 Å². The maximum atomic E-state index is 12.9. The van der Waals surface area contributed by atoms with Crippen LogP contribution in [0, 0.1) is 5.92 Å². The number of amides is 1. The monoisotopic (exact) mass is 338 g/mol. The molecule has 0 spiro atoms. The van der Waals surface area contributed by atoms with Crippen molar-refractivity contribution < 1.29 is 4.79 Å². The van der Waals surface area contributed by atoms with E-state index < -0.39 is 0 Å². The van der Waals surface area contributed by atoms with Crippen molar-refractivity contribution in [2.75, 3.05) is 19.6 Å². The molecule has 2 aromatic rings. The summed E-state index contributed by atoms with van der Waals surface area (Å²) in [5.74, 6) is 0.514. The van der Waals surface area contributed by atoms with Gasteiger partial charge in [-0.2, -0.15) is 0 Å². The fraction of sp³-hybridized carbons (Fsp3) is 0.421. The summed E-state index contributed by atoms with van der Waals surface area (Å²) in [6.07, 6.45) is 5.56. The Labute approximate surface area is 146 Å². The molecule has 0 radical (unpaired) electrons. The van der Waals surface area contributed by atoms with Crippen molar-refractivity contribution in [3.8, 4) is 0 Å². The molecular weight excluding hydrogens is 316 g/mol. The number of hydrogen-bond acceptors (Lipinski definition) is 4. The first kappa shape index (κ1) is 16.0. The Morgan fingerprint density at radius 2 is 2.08 bits per heavy atom. The number of hydrogen-bond donors (Lipinski definition) is 1. The number of pyridine rings is 2. The second kappa shape index (κ2) is 6.80. The third kappa shape index (κ3) is 3.49. The summed E-state index contributed by atoms with van der Waals surface area (Å²) in [4.78, 5) is 35.6. The molecular formula is C19H22N4O2. The predicted molar refractivity (Wildman–Crippen MR) is 94.1 cm³/mol. The van der Waals surface area contributed by atoms with E-state index in [-0.39, 0.29) is 17.5 Å². The summed E-state index contributed by atoms with van der Waals surface area (Å²) < 4.78 is 0. The molecule has 130 valence electrons. The van der Waals surface area contributed by atoms with E-state index in [0.29, 0.717) is 11.5 Å². The molecule has 1 amide bonds. The fourth-order valence-electron chi connectivity index (χ4n) is 3.99. The quantitative estimate of drug-likeness (QED) is 0.921. The summed E-state index contributed by atoms with van der Waals surface area (Å²) in [6.45, 7) is 3.50. The van der Waals surface area contributed by atoms with Gasteiger partial charge < -0.3 is 9.88 Å². The minimum Gasteiger partial charge on any atom is -0.334 e. The van der Waals surface area contributed by atoms with Gasteiger partial charge in [-0.3, -0.25) is 19.5 Å². The number of rotatable bonds is 3. The lowest BCUT2D eigenvalue weighted by molar-refractivity contribution is 0.0584. The van der Waals surface area contributed by atoms with Gasteiger partial charge in [-0.15, -0.1) is 0 Å². The van der Waals surface area contributed by atoms with Crippen LogP contribution in [-0.2, 0) is 6.54 Å². The van der Waals surface area contributed by atoms with Gasteiger partial charge >= 0.3 is 0 Å². The molecule has 2 bridgehead atoms. The van der Waals surface area contributed by atoms with E-state index in [1.807, 2.05) is 23.2 Å². The van der Waals surface area contributed by atoms with E-state index in [4.69, 9.17) is 0 Å². The molecule has 0 saturated carbocycles. The highest BCUT2D eigenvalue weighted by molar-refractivity contribution is 5.94. The normalized spacial score (nSPS) is 23.4. The summed E-state index contributed by atoms with van der Waals surface area (Å²) >= 11 is 0. The first-order chi connectivity index (χ1) is 12.2. The van der Waals surface area contributed by atoms with Crippen LogP contribution in [-0.4, -0.2) is 51.4 Å². The summed E-state index contributed by atoms with van der Waals surface area (Å²) in [6, 6.07) is 9.25. The van der Waals surface area contributed by atoms with Crippen LogP contribution in [0.15, 0.2) is 47.5 Å². The Balaban J connectivity index is 1.50. The van der Waals surface area contributed by atoms with Crippen molar-refractivity contribution >= 4 is 5.91 Å². The average molecular weight is 338 g/mol. The van der Waals surface area contributed by atoms with Crippen LogP contribution in [0.5, 0.6) is 0 Å². The van der Waals surface area contributed by atoms with Gasteiger partial charge in [0.25, 0.3) is 5.91 Å². The SMILES string of the molecule is O=C(c1ccc(=O)[nH]c1)N1C[C@@H]2CC[C@H]1CN(Cc1ccccn1)C2. The lowest BCUT2D eigenvalue weighted by Gasteiger charge is -2.36. The number of carbonyl (C=O) groups is 1. The minimum atomic E-state index is -0.185. The van der Waals surface area contributed by atoms with Gasteiger partial charge in [0.1, 0.15) is 0 Å². The van der Waals surface area contributed by atoms with Gasteiger partial charge in [0.2, 0.25) is 5.56 Å². The van der Waals surface area contributed by atoms with Crippen LogP contribution >= 0.6 is 0 Å².